The van der Waals surface area contributed by atoms with Crippen LogP contribution in [0.15, 0.2) is 24.3 Å². The minimum Gasteiger partial charge on any atom is -0.347 e. The van der Waals surface area contributed by atoms with Crippen LogP contribution in [-0.2, 0) is 10.3 Å². The van der Waals surface area contributed by atoms with Crippen molar-refractivity contribution < 1.29 is 4.79 Å². The summed E-state index contributed by atoms with van der Waals surface area (Å²) < 4.78 is 0. The number of carbonyl (C=O) groups excluding carboxylic acids is 1. The molecule has 0 atom stereocenters. The van der Waals surface area contributed by atoms with Crippen molar-refractivity contribution in [3.05, 3.63) is 34.9 Å². The van der Waals surface area contributed by atoms with E-state index in [1.54, 1.807) is 0 Å². The van der Waals surface area contributed by atoms with Crippen LogP contribution in [-0.4, -0.2) is 12.5 Å². The molecule has 0 radical (unpaired) electrons. The Kier molecular flexibility index (Phi) is 6.80. The molecule has 0 bridgehead atoms. The SMILES string of the molecule is Cl.NCCC(=O)NC1(c2ccc(Cl)cc2)CCCCC1. The summed E-state index contributed by atoms with van der Waals surface area (Å²) in [6, 6.07) is 7.83. The third-order valence-electron chi connectivity index (χ3n) is 3.85. The van der Waals surface area contributed by atoms with Crippen LogP contribution < -0.4 is 11.1 Å². The molecule has 1 aromatic carbocycles. The van der Waals surface area contributed by atoms with Gasteiger partial charge in [-0.3, -0.25) is 4.79 Å². The zero-order valence-corrected chi connectivity index (χ0v) is 13.1. The van der Waals surface area contributed by atoms with E-state index in [2.05, 4.69) is 5.32 Å². The van der Waals surface area contributed by atoms with Crippen LogP contribution in [0, 0.1) is 0 Å². The second kappa shape index (κ2) is 7.87. The third kappa shape index (κ3) is 4.11. The lowest BCUT2D eigenvalue weighted by Crippen LogP contribution is -2.47. The first-order valence-electron chi connectivity index (χ1n) is 6.93. The summed E-state index contributed by atoms with van der Waals surface area (Å²) in [4.78, 5) is 11.9. The molecule has 1 amide bonds. The van der Waals surface area contributed by atoms with Crippen LogP contribution in [0.25, 0.3) is 0 Å². The van der Waals surface area contributed by atoms with Crippen molar-refractivity contribution in [2.24, 2.45) is 5.73 Å². The van der Waals surface area contributed by atoms with E-state index < -0.39 is 0 Å². The number of carbonyl (C=O) groups is 1. The topological polar surface area (TPSA) is 55.1 Å². The fourth-order valence-electron chi connectivity index (χ4n) is 2.87. The van der Waals surface area contributed by atoms with Gasteiger partial charge in [-0.25, -0.2) is 0 Å². The number of halogens is 2. The molecule has 20 heavy (non-hydrogen) atoms. The predicted molar refractivity (Wildman–Crippen MR) is 85.3 cm³/mol. The number of amides is 1. The van der Waals surface area contributed by atoms with Gasteiger partial charge in [-0.15, -0.1) is 12.4 Å². The Morgan fingerprint density at radius 3 is 2.35 bits per heavy atom. The van der Waals surface area contributed by atoms with Crippen LogP contribution in [0.3, 0.4) is 0 Å². The summed E-state index contributed by atoms with van der Waals surface area (Å²) in [5.74, 6) is 0.0411. The molecule has 2 rings (SSSR count). The van der Waals surface area contributed by atoms with E-state index in [-0.39, 0.29) is 23.9 Å². The van der Waals surface area contributed by atoms with E-state index in [0.717, 1.165) is 36.3 Å². The normalized spacial score (nSPS) is 17.1. The quantitative estimate of drug-likeness (QED) is 0.894. The molecule has 1 fully saturated rings. The van der Waals surface area contributed by atoms with Crippen molar-refractivity contribution in [3.8, 4) is 0 Å². The maximum absolute atomic E-state index is 11.9. The Hall–Kier alpha value is -0.770. The molecule has 0 heterocycles. The molecular weight excluding hydrogens is 295 g/mol. The minimum atomic E-state index is -0.227. The number of hydrogen-bond donors (Lipinski definition) is 2. The molecule has 0 aromatic heterocycles. The van der Waals surface area contributed by atoms with Crippen LogP contribution in [0.5, 0.6) is 0 Å². The van der Waals surface area contributed by atoms with Crippen LogP contribution in [0.4, 0.5) is 0 Å². The molecule has 112 valence electrons. The summed E-state index contributed by atoms with van der Waals surface area (Å²) in [5, 5.41) is 3.93. The maximum atomic E-state index is 11.9. The molecule has 1 aromatic rings. The van der Waals surface area contributed by atoms with Gasteiger partial charge in [-0.1, -0.05) is 43.0 Å². The molecular formula is C15H22Cl2N2O. The lowest BCUT2D eigenvalue weighted by Gasteiger charge is -2.39. The van der Waals surface area contributed by atoms with Gasteiger partial charge in [0.25, 0.3) is 0 Å². The van der Waals surface area contributed by atoms with Crippen molar-refractivity contribution in [2.75, 3.05) is 6.54 Å². The monoisotopic (exact) mass is 316 g/mol. The Bertz CT molecular complexity index is 428. The van der Waals surface area contributed by atoms with Gasteiger partial charge in [0.15, 0.2) is 0 Å². The second-order valence-electron chi connectivity index (χ2n) is 5.24. The molecule has 3 N–H and O–H groups in total. The van der Waals surface area contributed by atoms with E-state index in [1.165, 1.54) is 6.42 Å². The van der Waals surface area contributed by atoms with Gasteiger partial charge in [0.05, 0.1) is 5.54 Å². The molecule has 0 spiro atoms. The second-order valence-corrected chi connectivity index (χ2v) is 5.67. The van der Waals surface area contributed by atoms with Crippen molar-refractivity contribution in [1.29, 1.82) is 0 Å². The molecule has 3 nitrogen and oxygen atoms in total. The Labute approximate surface area is 131 Å². The summed E-state index contributed by atoms with van der Waals surface area (Å²) in [6.07, 6.45) is 5.89. The van der Waals surface area contributed by atoms with Gasteiger partial charge in [-0.05, 0) is 30.5 Å². The minimum absolute atomic E-state index is 0. The highest BCUT2D eigenvalue weighted by Crippen LogP contribution is 2.37. The summed E-state index contributed by atoms with van der Waals surface area (Å²) in [5.41, 5.74) is 6.39. The molecule has 1 saturated carbocycles. The summed E-state index contributed by atoms with van der Waals surface area (Å²) in [6.45, 7) is 0.391. The fraction of sp³-hybridized carbons (Fsp3) is 0.533. The standard InChI is InChI=1S/C15H21ClN2O.ClH/c16-13-6-4-12(5-7-13)15(9-2-1-3-10-15)18-14(19)8-11-17;/h4-7H,1-3,8-11,17H2,(H,18,19);1H. The number of nitrogens with two attached hydrogens (primary N) is 1. The largest absolute Gasteiger partial charge is 0.347 e. The van der Waals surface area contributed by atoms with Gasteiger partial charge >= 0.3 is 0 Å². The van der Waals surface area contributed by atoms with Crippen LogP contribution in [0.2, 0.25) is 5.02 Å². The van der Waals surface area contributed by atoms with Crippen molar-refractivity contribution in [1.82, 2.24) is 5.32 Å². The van der Waals surface area contributed by atoms with E-state index >= 15 is 0 Å². The predicted octanol–water partition coefficient (Wildman–Crippen LogP) is 3.39. The molecule has 5 heteroatoms. The Balaban J connectivity index is 0.00000200. The third-order valence-corrected chi connectivity index (χ3v) is 4.11. The first kappa shape index (κ1) is 17.3. The van der Waals surface area contributed by atoms with Gasteiger partial charge in [-0.2, -0.15) is 0 Å². The van der Waals surface area contributed by atoms with Crippen LogP contribution in [0.1, 0.15) is 44.1 Å². The smallest absolute Gasteiger partial charge is 0.221 e. The highest BCUT2D eigenvalue weighted by molar-refractivity contribution is 6.30. The molecule has 0 unspecified atom stereocenters. The van der Waals surface area contributed by atoms with E-state index in [0.29, 0.717) is 13.0 Å². The van der Waals surface area contributed by atoms with Gasteiger partial charge in [0.1, 0.15) is 0 Å². The number of rotatable bonds is 4. The van der Waals surface area contributed by atoms with E-state index in [1.807, 2.05) is 24.3 Å². The van der Waals surface area contributed by atoms with Gasteiger partial charge < -0.3 is 11.1 Å². The Morgan fingerprint density at radius 1 is 1.20 bits per heavy atom. The van der Waals surface area contributed by atoms with Crippen molar-refractivity contribution in [2.45, 2.75) is 44.1 Å². The first-order chi connectivity index (χ1) is 9.16. The zero-order chi connectivity index (χ0) is 13.7. The van der Waals surface area contributed by atoms with E-state index in [4.69, 9.17) is 17.3 Å². The highest BCUT2D eigenvalue weighted by Gasteiger charge is 2.34. The molecule has 0 aliphatic heterocycles. The highest BCUT2D eigenvalue weighted by atomic mass is 35.5. The first-order valence-corrected chi connectivity index (χ1v) is 7.31. The number of hydrogen-bond acceptors (Lipinski definition) is 2. The summed E-state index contributed by atoms with van der Waals surface area (Å²) in [7, 11) is 0. The van der Waals surface area contributed by atoms with E-state index in [9.17, 15) is 4.79 Å². The lowest BCUT2D eigenvalue weighted by atomic mass is 9.76. The van der Waals surface area contributed by atoms with Gasteiger partial charge in [0, 0.05) is 18.0 Å². The van der Waals surface area contributed by atoms with Crippen molar-refractivity contribution >= 4 is 29.9 Å². The van der Waals surface area contributed by atoms with Crippen LogP contribution >= 0.6 is 24.0 Å². The zero-order valence-electron chi connectivity index (χ0n) is 11.5. The fourth-order valence-corrected chi connectivity index (χ4v) is 3.00. The number of benzene rings is 1. The van der Waals surface area contributed by atoms with Crippen molar-refractivity contribution in [3.63, 3.8) is 0 Å². The Morgan fingerprint density at radius 2 is 1.80 bits per heavy atom. The number of nitrogens with one attached hydrogen (secondary N) is 1. The van der Waals surface area contributed by atoms with Gasteiger partial charge in [0.2, 0.25) is 5.91 Å². The maximum Gasteiger partial charge on any atom is 0.221 e. The lowest BCUT2D eigenvalue weighted by molar-refractivity contribution is -0.123. The molecule has 1 aliphatic carbocycles. The average molecular weight is 317 g/mol. The summed E-state index contributed by atoms with van der Waals surface area (Å²) >= 11 is 5.95. The average Bonchev–Trinajstić information content (AvgIpc) is 2.40. The molecule has 1 aliphatic rings. The molecule has 0 saturated heterocycles.